The van der Waals surface area contributed by atoms with Crippen LogP contribution in [0.2, 0.25) is 0 Å². The van der Waals surface area contributed by atoms with E-state index in [1.54, 1.807) is 6.07 Å². The molecule has 0 unspecified atom stereocenters. The van der Waals surface area contributed by atoms with Crippen molar-refractivity contribution in [3.63, 3.8) is 0 Å². The quantitative estimate of drug-likeness (QED) is 0.845. The number of benzene rings is 1. The van der Waals surface area contributed by atoms with Crippen LogP contribution in [0.3, 0.4) is 0 Å². The highest BCUT2D eigenvalue weighted by molar-refractivity contribution is 5.89. The highest BCUT2D eigenvalue weighted by atomic mass is 16.4. The first-order chi connectivity index (χ1) is 8.56. The number of piperazine rings is 1. The molecule has 1 fully saturated rings. The van der Waals surface area contributed by atoms with Gasteiger partial charge in [0.05, 0.1) is 5.56 Å². The van der Waals surface area contributed by atoms with Gasteiger partial charge in [0.15, 0.2) is 0 Å². The van der Waals surface area contributed by atoms with Gasteiger partial charge in [-0.1, -0.05) is 0 Å². The summed E-state index contributed by atoms with van der Waals surface area (Å²) in [6, 6.07) is 5.34. The minimum Gasteiger partial charge on any atom is -0.478 e. The molecule has 1 heterocycles. The molecule has 1 aromatic rings. The number of anilines is 1. The molecule has 0 atom stereocenters. The molecule has 0 saturated carbocycles. The fraction of sp³-hybridized carbons (Fsp3) is 0.462. The number of nitrogens with zero attached hydrogens (tertiary/aromatic N) is 2. The molecule has 5 heteroatoms. The van der Waals surface area contributed by atoms with Crippen molar-refractivity contribution in [2.75, 3.05) is 38.7 Å². The molecule has 0 bridgehead atoms. The van der Waals surface area contributed by atoms with Crippen molar-refractivity contribution in [1.82, 2.24) is 9.91 Å². The van der Waals surface area contributed by atoms with Crippen LogP contribution in [0.1, 0.15) is 15.9 Å². The van der Waals surface area contributed by atoms with Gasteiger partial charge in [-0.3, -0.25) is 0 Å². The van der Waals surface area contributed by atoms with Crippen LogP contribution in [0.5, 0.6) is 0 Å². The summed E-state index contributed by atoms with van der Waals surface area (Å²) in [5.74, 6) is -0.876. The van der Waals surface area contributed by atoms with Crippen LogP contribution in [-0.4, -0.2) is 54.2 Å². The zero-order valence-corrected chi connectivity index (χ0v) is 10.8. The topological polar surface area (TPSA) is 55.8 Å². The Balaban J connectivity index is 2.02. The van der Waals surface area contributed by atoms with Crippen molar-refractivity contribution in [1.29, 1.82) is 0 Å². The molecule has 2 N–H and O–H groups in total. The van der Waals surface area contributed by atoms with Crippen molar-refractivity contribution in [3.05, 3.63) is 29.3 Å². The molecular weight excluding hydrogens is 230 g/mol. The highest BCUT2D eigenvalue weighted by Gasteiger charge is 2.14. The average molecular weight is 249 g/mol. The molecule has 0 amide bonds. The third-order valence-electron chi connectivity index (χ3n) is 3.25. The summed E-state index contributed by atoms with van der Waals surface area (Å²) >= 11 is 0. The second kappa shape index (κ2) is 5.37. The normalized spacial score (nSPS) is 17.7. The highest BCUT2D eigenvalue weighted by Crippen LogP contribution is 2.16. The second-order valence-corrected chi connectivity index (χ2v) is 4.74. The molecule has 1 aliphatic heterocycles. The van der Waals surface area contributed by atoms with Gasteiger partial charge in [0.2, 0.25) is 0 Å². The number of aromatic carboxylic acids is 1. The Hall–Kier alpha value is -1.59. The van der Waals surface area contributed by atoms with Crippen molar-refractivity contribution >= 4 is 11.7 Å². The summed E-state index contributed by atoms with van der Waals surface area (Å²) in [6.07, 6.45) is 0. The Morgan fingerprint density at radius 2 is 1.94 bits per heavy atom. The predicted octanol–water partition coefficient (Wildman–Crippen LogP) is 1.27. The maximum atomic E-state index is 10.9. The molecule has 1 aromatic carbocycles. The Morgan fingerprint density at radius 3 is 2.50 bits per heavy atom. The van der Waals surface area contributed by atoms with Gasteiger partial charge in [-0.15, -0.1) is 0 Å². The predicted molar refractivity (Wildman–Crippen MR) is 70.8 cm³/mol. The van der Waals surface area contributed by atoms with Gasteiger partial charge >= 0.3 is 5.97 Å². The lowest BCUT2D eigenvalue weighted by Crippen LogP contribution is -2.46. The number of aryl methyl sites for hydroxylation is 1. The van der Waals surface area contributed by atoms with Crippen LogP contribution < -0.4 is 5.43 Å². The first-order valence-corrected chi connectivity index (χ1v) is 6.10. The van der Waals surface area contributed by atoms with E-state index < -0.39 is 5.97 Å². The van der Waals surface area contributed by atoms with E-state index in [4.69, 9.17) is 5.11 Å². The van der Waals surface area contributed by atoms with Crippen molar-refractivity contribution in [2.24, 2.45) is 0 Å². The molecule has 18 heavy (non-hydrogen) atoms. The second-order valence-electron chi connectivity index (χ2n) is 4.74. The smallest absolute Gasteiger partial charge is 0.335 e. The van der Waals surface area contributed by atoms with E-state index in [1.807, 2.05) is 19.1 Å². The van der Waals surface area contributed by atoms with Gasteiger partial charge in [0, 0.05) is 31.9 Å². The third-order valence-corrected chi connectivity index (χ3v) is 3.25. The van der Waals surface area contributed by atoms with Crippen LogP contribution in [0.25, 0.3) is 0 Å². The van der Waals surface area contributed by atoms with Gasteiger partial charge in [-0.05, 0) is 37.7 Å². The third kappa shape index (κ3) is 3.00. The van der Waals surface area contributed by atoms with Gasteiger partial charge in [0.25, 0.3) is 0 Å². The number of likely N-dealkylation sites (N-methyl/N-ethyl adjacent to an activating group) is 1. The molecule has 98 valence electrons. The van der Waals surface area contributed by atoms with Crippen LogP contribution >= 0.6 is 0 Å². The Bertz CT molecular complexity index is 440. The Labute approximate surface area is 107 Å². The summed E-state index contributed by atoms with van der Waals surface area (Å²) in [5.41, 5.74) is 5.41. The van der Waals surface area contributed by atoms with E-state index in [9.17, 15) is 4.79 Å². The lowest BCUT2D eigenvalue weighted by atomic mass is 10.1. The van der Waals surface area contributed by atoms with Crippen LogP contribution in [-0.2, 0) is 0 Å². The molecule has 0 aliphatic carbocycles. The lowest BCUT2D eigenvalue weighted by molar-refractivity contribution is 0.0696. The fourth-order valence-electron chi connectivity index (χ4n) is 2.07. The first-order valence-electron chi connectivity index (χ1n) is 6.10. The summed E-state index contributed by atoms with van der Waals surface area (Å²) in [6.45, 7) is 5.84. The monoisotopic (exact) mass is 249 g/mol. The van der Waals surface area contributed by atoms with E-state index in [0.29, 0.717) is 5.56 Å². The Kier molecular flexibility index (Phi) is 3.84. The zero-order valence-electron chi connectivity index (χ0n) is 10.8. The summed E-state index contributed by atoms with van der Waals surface area (Å²) in [5, 5.41) is 11.1. The number of nitrogens with one attached hydrogen (secondary N) is 1. The number of hydrogen-bond donors (Lipinski definition) is 2. The molecule has 0 aromatic heterocycles. The molecule has 1 aliphatic rings. The number of hydrazine groups is 1. The average Bonchev–Trinajstić information content (AvgIpc) is 2.32. The molecule has 5 nitrogen and oxygen atoms in total. The summed E-state index contributed by atoms with van der Waals surface area (Å²) < 4.78 is 0. The molecule has 0 spiro atoms. The van der Waals surface area contributed by atoms with E-state index in [0.717, 1.165) is 37.4 Å². The Morgan fingerprint density at radius 1 is 1.28 bits per heavy atom. The van der Waals surface area contributed by atoms with Crippen molar-refractivity contribution in [3.8, 4) is 0 Å². The number of carbonyl (C=O) groups is 1. The minimum atomic E-state index is -0.876. The summed E-state index contributed by atoms with van der Waals surface area (Å²) in [4.78, 5) is 13.2. The maximum absolute atomic E-state index is 10.9. The van der Waals surface area contributed by atoms with Crippen molar-refractivity contribution in [2.45, 2.75) is 6.92 Å². The van der Waals surface area contributed by atoms with E-state index in [1.165, 1.54) is 0 Å². The zero-order chi connectivity index (χ0) is 13.1. The minimum absolute atomic E-state index is 0.360. The maximum Gasteiger partial charge on any atom is 0.335 e. The lowest BCUT2D eigenvalue weighted by Gasteiger charge is -2.33. The van der Waals surface area contributed by atoms with E-state index in [2.05, 4.69) is 22.4 Å². The SMILES string of the molecule is Cc1cc(NN2CCN(C)CC2)ccc1C(=O)O. The number of hydrogen-bond acceptors (Lipinski definition) is 4. The molecule has 2 rings (SSSR count). The van der Waals surface area contributed by atoms with E-state index >= 15 is 0 Å². The number of rotatable bonds is 3. The number of carboxylic acid groups (broad SMARTS) is 1. The van der Waals surface area contributed by atoms with Crippen LogP contribution in [0.4, 0.5) is 5.69 Å². The van der Waals surface area contributed by atoms with Gasteiger partial charge in [-0.2, -0.15) is 0 Å². The number of carboxylic acids is 1. The van der Waals surface area contributed by atoms with Crippen LogP contribution in [0.15, 0.2) is 18.2 Å². The van der Waals surface area contributed by atoms with Gasteiger partial charge in [0.1, 0.15) is 0 Å². The first kappa shape index (κ1) is 12.9. The summed E-state index contributed by atoms with van der Waals surface area (Å²) in [7, 11) is 2.11. The fourth-order valence-corrected chi connectivity index (χ4v) is 2.07. The standard InChI is InChI=1S/C13H19N3O2/c1-10-9-11(3-4-12(10)13(17)18)14-16-7-5-15(2)6-8-16/h3-4,9,14H,5-8H2,1-2H3,(H,17,18). The molecular formula is C13H19N3O2. The van der Waals surface area contributed by atoms with Crippen LogP contribution in [0, 0.1) is 6.92 Å². The van der Waals surface area contributed by atoms with Gasteiger partial charge < -0.3 is 15.4 Å². The molecule has 0 radical (unpaired) electrons. The largest absolute Gasteiger partial charge is 0.478 e. The molecule has 1 saturated heterocycles. The van der Waals surface area contributed by atoms with E-state index in [-0.39, 0.29) is 0 Å². The van der Waals surface area contributed by atoms with Crippen molar-refractivity contribution < 1.29 is 9.90 Å². The van der Waals surface area contributed by atoms with Gasteiger partial charge in [-0.25, -0.2) is 9.80 Å².